The maximum atomic E-state index is 11.9. The van der Waals surface area contributed by atoms with Gasteiger partial charge in [0.25, 0.3) is 0 Å². The van der Waals surface area contributed by atoms with E-state index in [1.807, 2.05) is 48.5 Å². The van der Waals surface area contributed by atoms with Gasteiger partial charge in [-0.3, -0.25) is 15.3 Å². The van der Waals surface area contributed by atoms with Crippen LogP contribution in [0.25, 0.3) is 22.5 Å². The lowest BCUT2D eigenvalue weighted by Gasteiger charge is -2.12. The van der Waals surface area contributed by atoms with Crippen molar-refractivity contribution in [2.45, 2.75) is 45.9 Å². The number of hydrogen-bond donors (Lipinski definition) is 3. The van der Waals surface area contributed by atoms with Crippen LogP contribution in [0.3, 0.4) is 0 Å². The van der Waals surface area contributed by atoms with Crippen LogP contribution < -0.4 is 0 Å². The molecule has 0 saturated heterocycles. The van der Waals surface area contributed by atoms with Gasteiger partial charge in [0.2, 0.25) is 12.6 Å². The van der Waals surface area contributed by atoms with E-state index in [4.69, 9.17) is 31.5 Å². The predicted molar refractivity (Wildman–Crippen MR) is 149 cm³/mol. The number of halogens is 1. The molecule has 0 radical (unpaired) electrons. The number of carbonyl (C=O) groups is 2. The topological polar surface area (TPSA) is 187 Å². The summed E-state index contributed by atoms with van der Waals surface area (Å²) in [6, 6.07) is 15.1. The van der Waals surface area contributed by atoms with E-state index in [1.165, 1.54) is 0 Å². The number of rotatable bonds is 15. The van der Waals surface area contributed by atoms with Crippen molar-refractivity contribution in [3.8, 4) is 22.5 Å². The quantitative estimate of drug-likeness (QED) is 0.0967. The molecule has 16 heteroatoms. The Morgan fingerprint density at radius 3 is 2.44 bits per heavy atom. The lowest BCUT2D eigenvalue weighted by Crippen LogP contribution is -2.17. The smallest absolute Gasteiger partial charge is 0.476 e. The van der Waals surface area contributed by atoms with Gasteiger partial charge in [0.15, 0.2) is 10.8 Å². The normalized spacial score (nSPS) is 11.2. The Kier molecular flexibility index (Phi) is 11.1. The second kappa shape index (κ2) is 15.2. The van der Waals surface area contributed by atoms with Crippen molar-refractivity contribution in [3.05, 3.63) is 70.8 Å². The summed E-state index contributed by atoms with van der Waals surface area (Å²) >= 11 is 6.17. The van der Waals surface area contributed by atoms with Gasteiger partial charge in [-0.15, -0.1) is 15.0 Å². The molecule has 4 aromatic rings. The molecule has 0 atom stereocenters. The number of ether oxygens (including phenoxy) is 2. The van der Waals surface area contributed by atoms with Crippen molar-refractivity contribution in [2.24, 2.45) is 0 Å². The number of carboxylic acids is 1. The van der Waals surface area contributed by atoms with Crippen LogP contribution in [0, 0.1) is 0 Å². The van der Waals surface area contributed by atoms with Crippen molar-refractivity contribution in [1.29, 1.82) is 0 Å². The van der Waals surface area contributed by atoms with Crippen LogP contribution in [-0.4, -0.2) is 76.0 Å². The van der Waals surface area contributed by atoms with E-state index in [0.717, 1.165) is 34.3 Å². The summed E-state index contributed by atoms with van der Waals surface area (Å²) in [7, 11) is 0. The second-order valence-corrected chi connectivity index (χ2v) is 9.56. The molecule has 2 heterocycles. The average molecular weight is 616 g/mol. The molecule has 43 heavy (non-hydrogen) atoms. The number of hydrogen-bond acceptors (Lipinski definition) is 12. The predicted octanol–water partition coefficient (Wildman–Crippen LogP) is 4.46. The van der Waals surface area contributed by atoms with Crippen LogP contribution in [0.5, 0.6) is 0 Å². The van der Waals surface area contributed by atoms with Gasteiger partial charge in [0.05, 0.1) is 18.6 Å². The number of nitrogens with zero attached hydrogens (tertiary/aromatic N) is 7. The third-order valence-electron chi connectivity index (χ3n) is 6.20. The Bertz CT molecular complexity index is 1520. The van der Waals surface area contributed by atoms with Crippen LogP contribution in [0.1, 0.15) is 48.1 Å². The number of carbonyl (C=O) groups excluding carboxylic acids is 1. The number of unbranched alkanes of at least 4 members (excludes halogenated alkanes) is 1. The van der Waals surface area contributed by atoms with Crippen LogP contribution in [0.15, 0.2) is 48.5 Å². The second-order valence-electron chi connectivity index (χ2n) is 9.20. The summed E-state index contributed by atoms with van der Waals surface area (Å²) in [6.07, 6.45) is 1.68. The van der Waals surface area contributed by atoms with E-state index in [0.29, 0.717) is 30.2 Å². The number of carboxylic acid groups (broad SMARTS) is 1. The minimum Gasteiger partial charge on any atom is -0.476 e. The van der Waals surface area contributed by atoms with Gasteiger partial charge in [-0.25, -0.2) is 14.6 Å². The lowest BCUT2D eigenvalue weighted by molar-refractivity contribution is -0.492. The minimum absolute atomic E-state index is 0.0172. The molecule has 0 amide bonds. The number of tetrazole rings is 1. The Morgan fingerprint density at radius 1 is 1.00 bits per heavy atom. The Morgan fingerprint density at radius 2 is 1.74 bits per heavy atom. The monoisotopic (exact) mass is 615 g/mol. The highest BCUT2D eigenvalue weighted by Crippen LogP contribution is 2.30. The molecular weight excluding hydrogens is 586 g/mol. The third kappa shape index (κ3) is 8.56. The van der Waals surface area contributed by atoms with E-state index in [9.17, 15) is 14.7 Å². The van der Waals surface area contributed by atoms with Crippen molar-refractivity contribution in [1.82, 2.24) is 35.1 Å². The highest BCUT2D eigenvalue weighted by atomic mass is 35.5. The molecule has 2 aromatic heterocycles. The molecule has 228 valence electrons. The zero-order chi connectivity index (χ0) is 30.8. The summed E-state index contributed by atoms with van der Waals surface area (Å²) in [4.78, 5) is 33.4. The minimum atomic E-state index is -1.13. The molecule has 0 spiro atoms. The first kappa shape index (κ1) is 31.5. The molecule has 15 nitrogen and oxygen atoms in total. The molecule has 3 N–H and O–H groups in total. The molecule has 0 saturated carbocycles. The molecular formula is C27H30ClN7O8. The van der Waals surface area contributed by atoms with Crippen molar-refractivity contribution in [2.75, 3.05) is 13.2 Å². The maximum Gasteiger partial charge on any atom is 0.510 e. The van der Waals surface area contributed by atoms with Crippen LogP contribution in [0.4, 0.5) is 4.79 Å². The van der Waals surface area contributed by atoms with Gasteiger partial charge >= 0.3 is 12.1 Å². The van der Waals surface area contributed by atoms with Gasteiger partial charge in [-0.1, -0.05) is 73.5 Å². The number of aromatic nitrogens is 6. The fraction of sp³-hybridized carbons (Fsp3) is 0.333. The number of aromatic carboxylic acids is 1. The summed E-state index contributed by atoms with van der Waals surface area (Å²) in [5, 5.41) is 38.5. The SMILES string of the molecule is CCCCc1nc(Cl)c(C(=O)O)n1Cc1ccc(-c2ccccc2-c2nnn(COC(=O)OCCCON(O)O)n2)cc1. The first-order chi connectivity index (χ1) is 20.8. The molecule has 0 aliphatic carbocycles. The highest BCUT2D eigenvalue weighted by Gasteiger charge is 2.21. The van der Waals surface area contributed by atoms with Gasteiger partial charge in [-0.05, 0) is 28.3 Å². The fourth-order valence-electron chi connectivity index (χ4n) is 4.19. The molecule has 0 unspecified atom stereocenters. The van der Waals surface area contributed by atoms with Gasteiger partial charge < -0.3 is 19.1 Å². The molecule has 0 aliphatic rings. The number of imidazole rings is 1. The van der Waals surface area contributed by atoms with E-state index >= 15 is 0 Å². The standard InChI is InChI=1S/C27H30ClN7O8/c1-2-3-9-22-29-24(28)23(26(36)37)33(22)16-18-10-12-19(13-11-18)20-7-4-5-8-21(20)25-30-32-34(31-25)17-42-27(38)41-14-6-15-43-35(39)40/h4-5,7-8,10-13,39-40H,2-3,6,9,14-17H2,1H3,(H,36,37). The molecule has 0 bridgehead atoms. The highest BCUT2D eigenvalue weighted by molar-refractivity contribution is 6.32. The summed E-state index contributed by atoms with van der Waals surface area (Å²) in [5.41, 5.74) is 3.25. The summed E-state index contributed by atoms with van der Waals surface area (Å²) < 4.78 is 11.5. The first-order valence-corrected chi connectivity index (χ1v) is 13.7. The van der Waals surface area contributed by atoms with Crippen LogP contribution in [-0.2, 0) is 34.0 Å². The summed E-state index contributed by atoms with van der Waals surface area (Å²) in [6.45, 7) is 1.88. The van der Waals surface area contributed by atoms with Crippen LogP contribution >= 0.6 is 11.6 Å². The molecule has 0 aliphatic heterocycles. The van der Waals surface area contributed by atoms with Crippen molar-refractivity contribution < 1.29 is 39.4 Å². The largest absolute Gasteiger partial charge is 0.510 e. The Labute approximate surface area is 250 Å². The van der Waals surface area contributed by atoms with Gasteiger partial charge in [0, 0.05) is 24.9 Å². The Balaban J connectivity index is 1.43. The van der Waals surface area contributed by atoms with Gasteiger partial charge in [0.1, 0.15) is 5.82 Å². The number of aryl methyl sites for hydroxylation is 1. The van der Waals surface area contributed by atoms with Crippen molar-refractivity contribution >= 4 is 23.7 Å². The van der Waals surface area contributed by atoms with E-state index in [-0.39, 0.29) is 37.2 Å². The lowest BCUT2D eigenvalue weighted by atomic mass is 9.98. The van der Waals surface area contributed by atoms with Crippen LogP contribution in [0.2, 0.25) is 5.15 Å². The molecule has 2 aromatic carbocycles. The third-order valence-corrected chi connectivity index (χ3v) is 6.46. The Hall–Kier alpha value is -4.41. The maximum absolute atomic E-state index is 11.9. The first-order valence-electron chi connectivity index (χ1n) is 13.3. The van der Waals surface area contributed by atoms with E-state index in [1.54, 1.807) is 4.57 Å². The number of benzene rings is 2. The molecule has 0 fully saturated rings. The average Bonchev–Trinajstić information content (AvgIpc) is 3.59. The van der Waals surface area contributed by atoms with Gasteiger partial charge in [-0.2, -0.15) is 0 Å². The fourth-order valence-corrected chi connectivity index (χ4v) is 4.47. The summed E-state index contributed by atoms with van der Waals surface area (Å²) in [5.74, 6) is -0.180. The van der Waals surface area contributed by atoms with E-state index in [2.05, 4.69) is 32.2 Å². The zero-order valence-electron chi connectivity index (χ0n) is 23.2. The van der Waals surface area contributed by atoms with Crippen molar-refractivity contribution in [3.63, 3.8) is 0 Å². The zero-order valence-corrected chi connectivity index (χ0v) is 23.9. The van der Waals surface area contributed by atoms with E-state index < -0.39 is 17.5 Å². The molecule has 4 rings (SSSR count).